The molecule has 0 heterocycles. The lowest BCUT2D eigenvalue weighted by molar-refractivity contribution is -0.118. The Morgan fingerprint density at radius 3 is 2.61 bits per heavy atom. The summed E-state index contributed by atoms with van der Waals surface area (Å²) in [7, 11) is 1.52. The molecule has 0 aliphatic heterocycles. The van der Waals surface area contributed by atoms with Crippen LogP contribution >= 0.6 is 15.9 Å². The van der Waals surface area contributed by atoms with Crippen molar-refractivity contribution in [1.29, 1.82) is 0 Å². The number of amides is 1. The Morgan fingerprint density at radius 1 is 1.17 bits per heavy atom. The van der Waals surface area contributed by atoms with Gasteiger partial charge < -0.3 is 14.8 Å². The van der Waals surface area contributed by atoms with E-state index in [1.54, 1.807) is 30.3 Å². The van der Waals surface area contributed by atoms with E-state index < -0.39 is 0 Å². The lowest BCUT2D eigenvalue weighted by Crippen LogP contribution is -2.20. The molecule has 1 amide bonds. The molecule has 0 saturated heterocycles. The number of ether oxygens (including phenoxy) is 2. The van der Waals surface area contributed by atoms with E-state index in [0.717, 1.165) is 4.47 Å². The summed E-state index contributed by atoms with van der Waals surface area (Å²) >= 11 is 3.34. The highest BCUT2D eigenvalue weighted by Crippen LogP contribution is 2.25. The average Bonchev–Trinajstić information content (AvgIpc) is 2.52. The number of hydrogen-bond donors (Lipinski definition) is 1. The van der Waals surface area contributed by atoms with Crippen molar-refractivity contribution < 1.29 is 19.1 Å². The van der Waals surface area contributed by atoms with Gasteiger partial charge in [0, 0.05) is 16.2 Å². The van der Waals surface area contributed by atoms with Crippen LogP contribution in [-0.4, -0.2) is 25.4 Å². The highest BCUT2D eigenvalue weighted by Gasteiger charge is 2.12. The molecular formula is C17H16BrNO4. The molecule has 2 rings (SSSR count). The van der Waals surface area contributed by atoms with E-state index in [0.29, 0.717) is 22.7 Å². The van der Waals surface area contributed by atoms with Gasteiger partial charge >= 0.3 is 0 Å². The van der Waals surface area contributed by atoms with E-state index in [2.05, 4.69) is 21.2 Å². The van der Waals surface area contributed by atoms with Gasteiger partial charge in [0.2, 0.25) is 0 Å². The van der Waals surface area contributed by atoms with Crippen LogP contribution in [0.1, 0.15) is 17.3 Å². The maximum Gasteiger partial charge on any atom is 0.262 e. The van der Waals surface area contributed by atoms with Gasteiger partial charge in [0.1, 0.15) is 11.5 Å². The molecule has 120 valence electrons. The lowest BCUT2D eigenvalue weighted by atomic mass is 10.1. The van der Waals surface area contributed by atoms with Crippen molar-refractivity contribution in [1.82, 2.24) is 0 Å². The second-order valence-electron chi connectivity index (χ2n) is 4.77. The van der Waals surface area contributed by atoms with Gasteiger partial charge in [-0.2, -0.15) is 0 Å². The molecular weight excluding hydrogens is 362 g/mol. The van der Waals surface area contributed by atoms with Crippen molar-refractivity contribution in [2.45, 2.75) is 6.92 Å². The Bertz CT molecular complexity index is 730. The third kappa shape index (κ3) is 4.82. The molecule has 1 N–H and O–H groups in total. The number of nitrogens with one attached hydrogen (secondary N) is 1. The van der Waals surface area contributed by atoms with Crippen molar-refractivity contribution in [3.8, 4) is 11.5 Å². The number of methoxy groups -OCH3 is 1. The van der Waals surface area contributed by atoms with E-state index in [1.165, 1.54) is 14.0 Å². The summed E-state index contributed by atoms with van der Waals surface area (Å²) in [5.41, 5.74) is 1.06. The summed E-state index contributed by atoms with van der Waals surface area (Å²) in [6, 6.07) is 12.1. The lowest BCUT2D eigenvalue weighted by Gasteiger charge is -2.11. The molecule has 6 heteroatoms. The molecule has 5 nitrogen and oxygen atoms in total. The fourth-order valence-electron chi connectivity index (χ4n) is 1.95. The molecule has 0 radical (unpaired) electrons. The van der Waals surface area contributed by atoms with Crippen LogP contribution in [0.3, 0.4) is 0 Å². The predicted octanol–water partition coefficient (Wildman–Crippen LogP) is 3.68. The van der Waals surface area contributed by atoms with Gasteiger partial charge in [-0.15, -0.1) is 0 Å². The van der Waals surface area contributed by atoms with Gasteiger partial charge in [-0.1, -0.05) is 22.0 Å². The smallest absolute Gasteiger partial charge is 0.262 e. The van der Waals surface area contributed by atoms with Gasteiger partial charge in [-0.3, -0.25) is 9.59 Å². The molecule has 0 spiro atoms. The quantitative estimate of drug-likeness (QED) is 0.779. The summed E-state index contributed by atoms with van der Waals surface area (Å²) in [5, 5.41) is 2.72. The minimum absolute atomic E-state index is 0.143. The maximum atomic E-state index is 12.0. The Labute approximate surface area is 142 Å². The van der Waals surface area contributed by atoms with Crippen LogP contribution in [0.25, 0.3) is 0 Å². The number of ketones is 1. The van der Waals surface area contributed by atoms with Crippen molar-refractivity contribution in [3.63, 3.8) is 0 Å². The molecule has 2 aromatic rings. The Hall–Kier alpha value is -2.34. The summed E-state index contributed by atoms with van der Waals surface area (Å²) < 4.78 is 11.5. The van der Waals surface area contributed by atoms with E-state index in [-0.39, 0.29) is 18.3 Å². The normalized spacial score (nSPS) is 10.0. The molecule has 0 fully saturated rings. The van der Waals surface area contributed by atoms with E-state index in [1.807, 2.05) is 12.1 Å². The van der Waals surface area contributed by atoms with Crippen LogP contribution in [0.2, 0.25) is 0 Å². The van der Waals surface area contributed by atoms with Crippen molar-refractivity contribution in [2.24, 2.45) is 0 Å². The first-order valence-electron chi connectivity index (χ1n) is 6.87. The minimum Gasteiger partial charge on any atom is -0.497 e. The van der Waals surface area contributed by atoms with Gasteiger partial charge in [0.25, 0.3) is 5.91 Å². The second kappa shape index (κ2) is 7.78. The first-order valence-corrected chi connectivity index (χ1v) is 7.66. The molecule has 0 bridgehead atoms. The summed E-state index contributed by atoms with van der Waals surface area (Å²) in [6.07, 6.45) is 0. The minimum atomic E-state index is -0.319. The van der Waals surface area contributed by atoms with Gasteiger partial charge in [-0.05, 0) is 37.3 Å². The van der Waals surface area contributed by atoms with Crippen molar-refractivity contribution in [3.05, 3.63) is 52.5 Å². The van der Waals surface area contributed by atoms with Crippen molar-refractivity contribution in [2.75, 3.05) is 19.0 Å². The molecule has 0 aromatic heterocycles. The van der Waals surface area contributed by atoms with E-state index >= 15 is 0 Å². The highest BCUT2D eigenvalue weighted by molar-refractivity contribution is 9.10. The van der Waals surface area contributed by atoms with Gasteiger partial charge in [-0.25, -0.2) is 0 Å². The average molecular weight is 378 g/mol. The monoisotopic (exact) mass is 377 g/mol. The standard InChI is InChI=1S/C17H16BrNO4/c1-11(20)15-7-6-14(22-2)9-16(15)23-10-17(21)19-13-5-3-4-12(18)8-13/h3-9H,10H2,1-2H3,(H,19,21). The first kappa shape index (κ1) is 17.0. The molecule has 0 atom stereocenters. The topological polar surface area (TPSA) is 64.6 Å². The third-order valence-electron chi connectivity index (χ3n) is 3.04. The SMILES string of the molecule is COc1ccc(C(C)=O)c(OCC(=O)Nc2cccc(Br)c2)c1. The molecule has 2 aromatic carbocycles. The number of carbonyl (C=O) groups excluding carboxylic acids is 2. The predicted molar refractivity (Wildman–Crippen MR) is 91.3 cm³/mol. The van der Waals surface area contributed by atoms with Crippen LogP contribution in [0, 0.1) is 0 Å². The number of benzene rings is 2. The zero-order chi connectivity index (χ0) is 16.8. The third-order valence-corrected chi connectivity index (χ3v) is 3.53. The molecule has 23 heavy (non-hydrogen) atoms. The molecule has 0 aliphatic rings. The summed E-state index contributed by atoms with van der Waals surface area (Å²) in [5.74, 6) is 0.411. The zero-order valence-corrected chi connectivity index (χ0v) is 14.3. The number of anilines is 1. The second-order valence-corrected chi connectivity index (χ2v) is 5.68. The highest BCUT2D eigenvalue weighted by atomic mass is 79.9. The number of rotatable bonds is 6. The van der Waals surface area contributed by atoms with Crippen LogP contribution in [0.15, 0.2) is 46.9 Å². The first-order chi connectivity index (χ1) is 11.0. The number of halogens is 1. The van der Waals surface area contributed by atoms with Crippen LogP contribution in [0.4, 0.5) is 5.69 Å². The van der Waals surface area contributed by atoms with Crippen LogP contribution in [-0.2, 0) is 4.79 Å². The van der Waals surface area contributed by atoms with Crippen LogP contribution < -0.4 is 14.8 Å². The number of Topliss-reactive ketones (excluding diaryl/α,β-unsaturated/α-hetero) is 1. The molecule has 0 saturated carbocycles. The van der Waals surface area contributed by atoms with E-state index in [4.69, 9.17) is 9.47 Å². The maximum absolute atomic E-state index is 12.0. The van der Waals surface area contributed by atoms with Crippen LogP contribution in [0.5, 0.6) is 11.5 Å². The summed E-state index contributed by atoms with van der Waals surface area (Å²) in [4.78, 5) is 23.6. The fourth-order valence-corrected chi connectivity index (χ4v) is 2.35. The summed E-state index contributed by atoms with van der Waals surface area (Å²) in [6.45, 7) is 1.23. The Kier molecular flexibility index (Phi) is 5.76. The largest absolute Gasteiger partial charge is 0.497 e. The fraction of sp³-hybridized carbons (Fsp3) is 0.176. The zero-order valence-electron chi connectivity index (χ0n) is 12.8. The molecule has 0 unspecified atom stereocenters. The van der Waals surface area contributed by atoms with E-state index in [9.17, 15) is 9.59 Å². The van der Waals surface area contributed by atoms with Gasteiger partial charge in [0.15, 0.2) is 12.4 Å². The van der Waals surface area contributed by atoms with Gasteiger partial charge in [0.05, 0.1) is 12.7 Å². The molecule has 0 aliphatic carbocycles. The number of carbonyl (C=O) groups is 2. The Balaban J connectivity index is 2.05. The number of hydrogen-bond acceptors (Lipinski definition) is 4. The Morgan fingerprint density at radius 2 is 1.96 bits per heavy atom. The van der Waals surface area contributed by atoms with Crippen molar-refractivity contribution >= 4 is 33.3 Å².